The Labute approximate surface area is 110 Å². The standard InChI is InChI=1S/C7H8N2OS.CH3NOS.ClH/c10-7(11)9-5-6-2-1-3-8-4-6;2-1(3)4;/h1-4H,5H2,(H2,9,10,11);(H3,2,3,4);1H. The van der Waals surface area contributed by atoms with Gasteiger partial charge in [-0.05, 0) is 11.6 Å². The molecule has 1 rings (SSSR count). The van der Waals surface area contributed by atoms with E-state index in [0.717, 1.165) is 5.56 Å². The number of hydrogen-bond acceptors (Lipinski definition) is 3. The van der Waals surface area contributed by atoms with Gasteiger partial charge in [-0.2, -0.15) is 0 Å². The Morgan fingerprint density at radius 1 is 1.44 bits per heavy atom. The van der Waals surface area contributed by atoms with Crippen molar-refractivity contribution >= 4 is 48.1 Å². The maximum Gasteiger partial charge on any atom is 0.276 e. The summed E-state index contributed by atoms with van der Waals surface area (Å²) >= 11 is 6.66. The zero-order chi connectivity index (χ0) is 11.7. The van der Waals surface area contributed by atoms with Crippen molar-refractivity contribution in [1.82, 2.24) is 10.3 Å². The number of pyridine rings is 1. The van der Waals surface area contributed by atoms with Crippen LogP contribution in [0.25, 0.3) is 0 Å². The Balaban J connectivity index is 0. The highest BCUT2D eigenvalue weighted by Crippen LogP contribution is 1.94. The maximum atomic E-state index is 10.3. The number of primary amides is 1. The van der Waals surface area contributed by atoms with Crippen LogP contribution in [0.15, 0.2) is 24.5 Å². The first kappa shape index (κ1) is 17.5. The van der Waals surface area contributed by atoms with Crippen LogP contribution in [0.3, 0.4) is 0 Å². The van der Waals surface area contributed by atoms with E-state index < -0.39 is 5.24 Å². The Kier molecular flexibility index (Phi) is 11.6. The second-order valence-corrected chi connectivity index (χ2v) is 3.21. The van der Waals surface area contributed by atoms with Gasteiger partial charge in [0.15, 0.2) is 0 Å². The van der Waals surface area contributed by atoms with Crippen LogP contribution < -0.4 is 11.1 Å². The number of aromatic nitrogens is 1. The number of amides is 2. The molecule has 0 radical (unpaired) electrons. The van der Waals surface area contributed by atoms with Crippen LogP contribution in [-0.4, -0.2) is 15.5 Å². The third-order valence-corrected chi connectivity index (χ3v) is 1.32. The number of rotatable bonds is 2. The van der Waals surface area contributed by atoms with Crippen molar-refractivity contribution in [3.05, 3.63) is 30.1 Å². The number of nitrogens with zero attached hydrogens (tertiary/aromatic N) is 1. The lowest BCUT2D eigenvalue weighted by atomic mass is 10.3. The lowest BCUT2D eigenvalue weighted by molar-refractivity contribution is 0.260. The molecule has 5 nitrogen and oxygen atoms in total. The predicted molar refractivity (Wildman–Crippen MR) is 71.3 cm³/mol. The van der Waals surface area contributed by atoms with Crippen molar-refractivity contribution in [2.75, 3.05) is 0 Å². The molecule has 1 heterocycles. The van der Waals surface area contributed by atoms with Gasteiger partial charge in [0.2, 0.25) is 0 Å². The summed E-state index contributed by atoms with van der Waals surface area (Å²) in [6.07, 6.45) is 3.38. The van der Waals surface area contributed by atoms with Crippen molar-refractivity contribution < 1.29 is 9.59 Å². The van der Waals surface area contributed by atoms with Gasteiger partial charge in [0.1, 0.15) is 0 Å². The molecular weight excluding hydrogens is 270 g/mol. The van der Waals surface area contributed by atoms with Crippen LogP contribution in [0, 0.1) is 0 Å². The number of thiol groups is 2. The first-order chi connectivity index (χ1) is 7.02. The second kappa shape index (κ2) is 10.6. The van der Waals surface area contributed by atoms with Crippen LogP contribution in [0.1, 0.15) is 5.56 Å². The van der Waals surface area contributed by atoms with E-state index in [0.29, 0.717) is 6.54 Å². The van der Waals surface area contributed by atoms with Crippen molar-refractivity contribution in [1.29, 1.82) is 0 Å². The van der Waals surface area contributed by atoms with Gasteiger partial charge in [0, 0.05) is 18.9 Å². The lowest BCUT2D eigenvalue weighted by Gasteiger charge is -1.98. The molecule has 0 saturated heterocycles. The number of carbonyl (C=O) groups is 2. The first-order valence-corrected chi connectivity index (χ1v) is 4.76. The molecule has 0 aromatic carbocycles. The fraction of sp³-hybridized carbons (Fsp3) is 0.125. The van der Waals surface area contributed by atoms with Gasteiger partial charge < -0.3 is 11.1 Å². The van der Waals surface area contributed by atoms with Crippen LogP contribution in [0.2, 0.25) is 0 Å². The Morgan fingerprint density at radius 3 is 2.38 bits per heavy atom. The van der Waals surface area contributed by atoms with E-state index in [-0.39, 0.29) is 17.6 Å². The molecule has 0 atom stereocenters. The molecule has 0 unspecified atom stereocenters. The molecule has 16 heavy (non-hydrogen) atoms. The van der Waals surface area contributed by atoms with Gasteiger partial charge in [0.05, 0.1) is 0 Å². The molecule has 0 saturated carbocycles. The molecule has 0 aliphatic carbocycles. The normalized spacial score (nSPS) is 7.88. The van der Waals surface area contributed by atoms with Gasteiger partial charge in [0.25, 0.3) is 10.5 Å². The molecule has 0 spiro atoms. The molecule has 1 aromatic rings. The molecular formula is C8H12ClN3O2S2. The van der Waals surface area contributed by atoms with E-state index >= 15 is 0 Å². The largest absolute Gasteiger partial charge is 0.361 e. The molecule has 0 aliphatic heterocycles. The zero-order valence-corrected chi connectivity index (χ0v) is 10.8. The molecule has 1 aromatic heterocycles. The van der Waals surface area contributed by atoms with Crippen LogP contribution in [-0.2, 0) is 6.54 Å². The summed E-state index contributed by atoms with van der Waals surface area (Å²) in [5.74, 6) is 0. The number of nitrogens with two attached hydrogens (primary N) is 1. The van der Waals surface area contributed by atoms with E-state index in [1.807, 2.05) is 12.1 Å². The molecule has 0 aliphatic rings. The van der Waals surface area contributed by atoms with Crippen molar-refractivity contribution in [2.24, 2.45) is 5.73 Å². The molecule has 0 fully saturated rings. The topological polar surface area (TPSA) is 85.1 Å². The number of nitrogens with one attached hydrogen (secondary N) is 1. The maximum absolute atomic E-state index is 10.3. The molecule has 2 amide bonds. The van der Waals surface area contributed by atoms with Crippen molar-refractivity contribution in [3.8, 4) is 0 Å². The van der Waals surface area contributed by atoms with Gasteiger partial charge in [-0.15, -0.1) is 12.4 Å². The van der Waals surface area contributed by atoms with Gasteiger partial charge in [-0.25, -0.2) is 0 Å². The first-order valence-electron chi connectivity index (χ1n) is 3.86. The molecule has 0 bridgehead atoms. The highest BCUT2D eigenvalue weighted by atomic mass is 35.5. The third-order valence-electron chi connectivity index (χ3n) is 1.17. The number of hydrogen-bond donors (Lipinski definition) is 4. The summed E-state index contributed by atoms with van der Waals surface area (Å²) in [7, 11) is 0. The summed E-state index contributed by atoms with van der Waals surface area (Å²) in [5, 5.41) is 1.58. The zero-order valence-electron chi connectivity index (χ0n) is 8.16. The third kappa shape index (κ3) is 13.1. The minimum Gasteiger partial charge on any atom is -0.361 e. The lowest BCUT2D eigenvalue weighted by Crippen LogP contribution is -2.15. The minimum atomic E-state index is -0.639. The predicted octanol–water partition coefficient (Wildman–Crippen LogP) is 1.64. The van der Waals surface area contributed by atoms with Gasteiger partial charge in [-0.1, -0.05) is 31.3 Å². The number of carbonyl (C=O) groups excluding carboxylic acids is 2. The molecule has 8 heteroatoms. The summed E-state index contributed by atoms with van der Waals surface area (Å²) in [6, 6.07) is 3.71. The second-order valence-electron chi connectivity index (χ2n) is 2.36. The van der Waals surface area contributed by atoms with E-state index in [1.54, 1.807) is 12.4 Å². The van der Waals surface area contributed by atoms with E-state index in [1.165, 1.54) is 0 Å². The average Bonchev–Trinajstić information content (AvgIpc) is 2.15. The van der Waals surface area contributed by atoms with E-state index in [4.69, 9.17) is 4.79 Å². The van der Waals surface area contributed by atoms with Crippen molar-refractivity contribution in [2.45, 2.75) is 6.54 Å². The van der Waals surface area contributed by atoms with E-state index in [2.05, 4.69) is 41.3 Å². The summed E-state index contributed by atoms with van der Waals surface area (Å²) in [6.45, 7) is 0.482. The van der Waals surface area contributed by atoms with Gasteiger partial charge in [-0.3, -0.25) is 14.6 Å². The summed E-state index contributed by atoms with van der Waals surface area (Å²) < 4.78 is 0. The van der Waals surface area contributed by atoms with Crippen molar-refractivity contribution in [3.63, 3.8) is 0 Å². The van der Waals surface area contributed by atoms with Crippen LogP contribution in [0.5, 0.6) is 0 Å². The summed E-state index contributed by atoms with van der Waals surface area (Å²) in [5.41, 5.74) is 5.30. The minimum absolute atomic E-state index is 0. The average molecular weight is 282 g/mol. The quantitative estimate of drug-likeness (QED) is 0.622. The highest BCUT2D eigenvalue weighted by Gasteiger charge is 1.92. The molecule has 3 N–H and O–H groups in total. The van der Waals surface area contributed by atoms with Crippen LogP contribution in [0.4, 0.5) is 9.59 Å². The van der Waals surface area contributed by atoms with Crippen LogP contribution >= 0.6 is 37.7 Å². The van der Waals surface area contributed by atoms with E-state index in [9.17, 15) is 4.79 Å². The fourth-order valence-electron chi connectivity index (χ4n) is 0.680. The SMILES string of the molecule is Cl.NC(=O)S.O=C(S)NCc1cccnc1. The summed E-state index contributed by atoms with van der Waals surface area (Å²) in [4.78, 5) is 23.3. The Bertz CT molecular complexity index is 320. The number of halogens is 1. The smallest absolute Gasteiger partial charge is 0.276 e. The monoisotopic (exact) mass is 281 g/mol. The Morgan fingerprint density at radius 2 is 2.00 bits per heavy atom. The Hall–Kier alpha value is -0.920. The fourth-order valence-corrected chi connectivity index (χ4v) is 0.759. The molecule has 90 valence electrons. The van der Waals surface area contributed by atoms with Gasteiger partial charge >= 0.3 is 0 Å². The highest BCUT2D eigenvalue weighted by molar-refractivity contribution is 7.96.